The van der Waals surface area contributed by atoms with Gasteiger partial charge in [0.25, 0.3) is 0 Å². The fourth-order valence-corrected chi connectivity index (χ4v) is 1.88. The number of nitrogens with zero attached hydrogens (tertiary/aromatic N) is 4. The van der Waals surface area contributed by atoms with Gasteiger partial charge >= 0.3 is 0 Å². The fourth-order valence-electron chi connectivity index (χ4n) is 1.88. The summed E-state index contributed by atoms with van der Waals surface area (Å²) in [6, 6.07) is 6.40. The molecule has 0 radical (unpaired) electrons. The molecule has 6 nitrogen and oxygen atoms in total. The molecule has 20 heavy (non-hydrogen) atoms. The average molecular weight is 273 g/mol. The highest BCUT2D eigenvalue weighted by molar-refractivity contribution is 5.53. The van der Waals surface area contributed by atoms with Crippen molar-refractivity contribution >= 4 is 5.69 Å². The molecule has 0 fully saturated rings. The van der Waals surface area contributed by atoms with Gasteiger partial charge in [-0.3, -0.25) is 0 Å². The summed E-state index contributed by atoms with van der Waals surface area (Å²) in [6.07, 6.45) is 4.67. The van der Waals surface area contributed by atoms with Crippen molar-refractivity contribution in [1.29, 1.82) is 0 Å². The van der Waals surface area contributed by atoms with Gasteiger partial charge in [0.05, 0.1) is 29.9 Å². The predicted octanol–water partition coefficient (Wildman–Crippen LogP) is 2.57. The van der Waals surface area contributed by atoms with E-state index in [-0.39, 0.29) is 11.9 Å². The first kappa shape index (κ1) is 12.3. The molecule has 0 aliphatic rings. The minimum Gasteiger partial charge on any atom is -0.472 e. The summed E-state index contributed by atoms with van der Waals surface area (Å²) >= 11 is 0. The standard InChI is InChI=1S/C13H12FN5O/c1-9(10-4-5-20-7-10)16-13-6-11(2-3-12(13)14)19-8-15-17-18-19/h2-9,16H,1H3. The lowest BCUT2D eigenvalue weighted by molar-refractivity contribution is 0.562. The molecule has 2 heterocycles. The van der Waals surface area contributed by atoms with Crippen LogP contribution in [0.3, 0.4) is 0 Å². The summed E-state index contributed by atoms with van der Waals surface area (Å²) in [6.45, 7) is 1.92. The maximum atomic E-state index is 13.9. The van der Waals surface area contributed by atoms with Gasteiger partial charge in [-0.2, -0.15) is 0 Å². The average Bonchev–Trinajstić information content (AvgIpc) is 3.14. The minimum atomic E-state index is -0.336. The number of hydrogen-bond acceptors (Lipinski definition) is 5. The summed E-state index contributed by atoms with van der Waals surface area (Å²) in [4.78, 5) is 0. The largest absolute Gasteiger partial charge is 0.472 e. The number of hydrogen-bond donors (Lipinski definition) is 1. The summed E-state index contributed by atoms with van der Waals surface area (Å²) in [5.74, 6) is -0.336. The maximum Gasteiger partial charge on any atom is 0.146 e. The number of benzene rings is 1. The van der Waals surface area contributed by atoms with Crippen LogP contribution in [0.1, 0.15) is 18.5 Å². The summed E-state index contributed by atoms with van der Waals surface area (Å²) in [5, 5.41) is 14.0. The van der Waals surface area contributed by atoms with Gasteiger partial charge in [-0.05, 0) is 41.6 Å². The highest BCUT2D eigenvalue weighted by Gasteiger charge is 2.11. The van der Waals surface area contributed by atoms with E-state index in [0.717, 1.165) is 5.56 Å². The van der Waals surface area contributed by atoms with Gasteiger partial charge in [-0.15, -0.1) is 5.10 Å². The van der Waals surface area contributed by atoms with Crippen molar-refractivity contribution in [3.05, 3.63) is 54.5 Å². The Kier molecular flexibility index (Phi) is 3.16. The van der Waals surface area contributed by atoms with E-state index in [1.165, 1.54) is 17.1 Å². The Hall–Kier alpha value is -2.70. The molecular formula is C13H12FN5O. The molecule has 0 bridgehead atoms. The number of halogens is 1. The lowest BCUT2D eigenvalue weighted by Crippen LogP contribution is -2.08. The smallest absolute Gasteiger partial charge is 0.146 e. The van der Waals surface area contributed by atoms with Gasteiger partial charge in [0, 0.05) is 5.56 Å². The van der Waals surface area contributed by atoms with E-state index in [2.05, 4.69) is 20.8 Å². The number of anilines is 1. The van der Waals surface area contributed by atoms with Crippen LogP contribution in [0.5, 0.6) is 0 Å². The Balaban J connectivity index is 1.87. The SMILES string of the molecule is CC(Nc1cc(-n2cnnn2)ccc1F)c1ccoc1. The molecule has 0 aliphatic carbocycles. The Morgan fingerprint density at radius 2 is 2.25 bits per heavy atom. The predicted molar refractivity (Wildman–Crippen MR) is 69.9 cm³/mol. The van der Waals surface area contributed by atoms with Gasteiger partial charge in [0.1, 0.15) is 12.1 Å². The number of tetrazole rings is 1. The van der Waals surface area contributed by atoms with Gasteiger partial charge in [-0.1, -0.05) is 0 Å². The molecule has 0 spiro atoms. The molecule has 0 saturated heterocycles. The first-order valence-electron chi connectivity index (χ1n) is 6.05. The van der Waals surface area contributed by atoms with Crippen molar-refractivity contribution in [3.63, 3.8) is 0 Å². The zero-order chi connectivity index (χ0) is 13.9. The normalized spacial score (nSPS) is 12.3. The molecule has 1 N–H and O–H groups in total. The molecule has 1 aromatic carbocycles. The zero-order valence-corrected chi connectivity index (χ0v) is 10.7. The molecule has 1 atom stereocenters. The van der Waals surface area contributed by atoms with Crippen LogP contribution in [0.15, 0.2) is 47.5 Å². The Morgan fingerprint density at radius 3 is 2.95 bits per heavy atom. The second-order valence-corrected chi connectivity index (χ2v) is 4.34. The molecule has 0 amide bonds. The second-order valence-electron chi connectivity index (χ2n) is 4.34. The lowest BCUT2D eigenvalue weighted by Gasteiger charge is -2.15. The maximum absolute atomic E-state index is 13.9. The van der Waals surface area contributed by atoms with E-state index in [9.17, 15) is 4.39 Å². The highest BCUT2D eigenvalue weighted by Crippen LogP contribution is 2.24. The third-order valence-electron chi connectivity index (χ3n) is 2.98. The molecule has 0 aliphatic heterocycles. The Labute approximate surface area is 114 Å². The van der Waals surface area contributed by atoms with Crippen LogP contribution in [0.4, 0.5) is 10.1 Å². The molecule has 3 rings (SSSR count). The second kappa shape index (κ2) is 5.12. The number of furan rings is 1. The molecule has 2 aromatic heterocycles. The van der Waals surface area contributed by atoms with Crippen molar-refractivity contribution < 1.29 is 8.81 Å². The van der Waals surface area contributed by atoms with Crippen molar-refractivity contribution in [2.24, 2.45) is 0 Å². The van der Waals surface area contributed by atoms with E-state index < -0.39 is 0 Å². The molecule has 3 aromatic rings. The van der Waals surface area contributed by atoms with Crippen molar-refractivity contribution in [1.82, 2.24) is 20.2 Å². The monoisotopic (exact) mass is 273 g/mol. The van der Waals surface area contributed by atoms with Crippen LogP contribution in [0.2, 0.25) is 0 Å². The van der Waals surface area contributed by atoms with Gasteiger partial charge < -0.3 is 9.73 Å². The molecule has 102 valence electrons. The van der Waals surface area contributed by atoms with Crippen LogP contribution in [-0.2, 0) is 0 Å². The third kappa shape index (κ3) is 2.37. The van der Waals surface area contributed by atoms with E-state index in [4.69, 9.17) is 4.42 Å². The quantitative estimate of drug-likeness (QED) is 0.791. The number of aromatic nitrogens is 4. The van der Waals surface area contributed by atoms with Gasteiger partial charge in [-0.25, -0.2) is 9.07 Å². The van der Waals surface area contributed by atoms with E-state index >= 15 is 0 Å². The van der Waals surface area contributed by atoms with Crippen LogP contribution in [0, 0.1) is 5.82 Å². The molecule has 0 saturated carbocycles. The Bertz CT molecular complexity index is 681. The first-order valence-corrected chi connectivity index (χ1v) is 6.05. The lowest BCUT2D eigenvalue weighted by atomic mass is 10.1. The molecule has 1 unspecified atom stereocenters. The van der Waals surface area contributed by atoms with E-state index in [1.807, 2.05) is 13.0 Å². The van der Waals surface area contributed by atoms with Crippen LogP contribution >= 0.6 is 0 Å². The van der Waals surface area contributed by atoms with Gasteiger partial charge in [0.2, 0.25) is 0 Å². The van der Waals surface area contributed by atoms with Crippen molar-refractivity contribution in [2.75, 3.05) is 5.32 Å². The van der Waals surface area contributed by atoms with Gasteiger partial charge in [0.15, 0.2) is 0 Å². The zero-order valence-electron chi connectivity index (χ0n) is 10.7. The van der Waals surface area contributed by atoms with Crippen molar-refractivity contribution in [2.45, 2.75) is 13.0 Å². The number of nitrogens with one attached hydrogen (secondary N) is 1. The van der Waals surface area contributed by atoms with E-state index in [0.29, 0.717) is 11.4 Å². The first-order chi connectivity index (χ1) is 9.74. The highest BCUT2D eigenvalue weighted by atomic mass is 19.1. The van der Waals surface area contributed by atoms with Crippen LogP contribution in [-0.4, -0.2) is 20.2 Å². The third-order valence-corrected chi connectivity index (χ3v) is 2.98. The summed E-state index contributed by atoms with van der Waals surface area (Å²) in [7, 11) is 0. The Morgan fingerprint density at radius 1 is 1.35 bits per heavy atom. The number of rotatable bonds is 4. The van der Waals surface area contributed by atoms with E-state index in [1.54, 1.807) is 24.7 Å². The van der Waals surface area contributed by atoms with Crippen LogP contribution in [0.25, 0.3) is 5.69 Å². The molecule has 7 heteroatoms. The van der Waals surface area contributed by atoms with Crippen LogP contribution < -0.4 is 5.32 Å². The molecular weight excluding hydrogens is 261 g/mol. The topological polar surface area (TPSA) is 68.8 Å². The fraction of sp³-hybridized carbons (Fsp3) is 0.154. The van der Waals surface area contributed by atoms with Crippen molar-refractivity contribution in [3.8, 4) is 5.69 Å². The summed E-state index contributed by atoms with van der Waals surface area (Å²) in [5.41, 5.74) is 2.00. The summed E-state index contributed by atoms with van der Waals surface area (Å²) < 4.78 is 20.4. The minimum absolute atomic E-state index is 0.0765.